The standard InChI is InChI=1S/C27H28F2N4O3/c1-27(2,35)16-9-7-14(8-10-16)15-12-30-26-31-22-19-11-18(23(22)33(26)13-15)21-17(24(34)32(19)3)5-4-6-20(21)36-25(28)29/h4-7,12-13,16,18-19,25,35H,8-11H2,1-3H3. The number of alkyl halides is 2. The van der Waals surface area contributed by atoms with Gasteiger partial charge in [-0.15, -0.1) is 0 Å². The lowest BCUT2D eigenvalue weighted by molar-refractivity contribution is -0.0506. The first-order valence-corrected chi connectivity index (χ1v) is 12.3. The summed E-state index contributed by atoms with van der Waals surface area (Å²) in [7, 11) is 1.73. The number of aromatic nitrogens is 3. The molecule has 0 saturated carbocycles. The van der Waals surface area contributed by atoms with Gasteiger partial charge in [0.1, 0.15) is 5.75 Å². The number of carbonyl (C=O) groups excluding carboxylic acids is 1. The summed E-state index contributed by atoms with van der Waals surface area (Å²) in [6.45, 7) is 0.710. The molecule has 36 heavy (non-hydrogen) atoms. The van der Waals surface area contributed by atoms with E-state index in [9.17, 15) is 18.7 Å². The predicted molar refractivity (Wildman–Crippen MR) is 129 cm³/mol. The van der Waals surface area contributed by atoms with Crippen LogP contribution in [0.4, 0.5) is 8.78 Å². The van der Waals surface area contributed by atoms with Crippen LogP contribution in [-0.4, -0.2) is 49.5 Å². The molecule has 9 heteroatoms. The minimum absolute atomic E-state index is 0.0227. The van der Waals surface area contributed by atoms with E-state index >= 15 is 0 Å². The second kappa shape index (κ2) is 8.09. The van der Waals surface area contributed by atoms with Crippen molar-refractivity contribution in [2.45, 2.75) is 63.7 Å². The molecule has 1 N–H and O–H groups in total. The molecule has 0 spiro atoms. The van der Waals surface area contributed by atoms with Gasteiger partial charge in [-0.3, -0.25) is 9.20 Å². The number of aliphatic hydroxyl groups is 1. The van der Waals surface area contributed by atoms with Crippen molar-refractivity contribution in [3.05, 3.63) is 64.7 Å². The van der Waals surface area contributed by atoms with Crippen molar-refractivity contribution in [3.63, 3.8) is 0 Å². The van der Waals surface area contributed by atoms with Gasteiger partial charge in [-0.05, 0) is 63.2 Å². The fraction of sp³-hybridized carbons (Fsp3) is 0.444. The van der Waals surface area contributed by atoms with Gasteiger partial charge in [-0.1, -0.05) is 12.1 Å². The highest BCUT2D eigenvalue weighted by molar-refractivity contribution is 5.98. The molecule has 6 rings (SSSR count). The van der Waals surface area contributed by atoms with E-state index in [1.165, 1.54) is 11.6 Å². The fourth-order valence-electron chi connectivity index (χ4n) is 6.13. The minimum Gasteiger partial charge on any atom is -0.434 e. The van der Waals surface area contributed by atoms with Crippen molar-refractivity contribution in [1.82, 2.24) is 19.3 Å². The van der Waals surface area contributed by atoms with Crippen LogP contribution in [0.3, 0.4) is 0 Å². The summed E-state index contributed by atoms with van der Waals surface area (Å²) in [4.78, 5) is 24.3. The van der Waals surface area contributed by atoms with Crippen molar-refractivity contribution < 1.29 is 23.4 Å². The van der Waals surface area contributed by atoms with Crippen LogP contribution in [0.15, 0.2) is 36.7 Å². The highest BCUT2D eigenvalue weighted by Crippen LogP contribution is 2.52. The minimum atomic E-state index is -2.99. The summed E-state index contributed by atoms with van der Waals surface area (Å²) < 4.78 is 33.4. The molecule has 2 bridgehead atoms. The maximum absolute atomic E-state index is 13.3. The van der Waals surface area contributed by atoms with Crippen LogP contribution < -0.4 is 4.74 Å². The van der Waals surface area contributed by atoms with Gasteiger partial charge in [-0.25, -0.2) is 9.97 Å². The van der Waals surface area contributed by atoms with Crippen LogP contribution in [0.5, 0.6) is 5.75 Å². The number of carbonyl (C=O) groups is 1. The number of hydrogen-bond donors (Lipinski definition) is 1. The highest BCUT2D eigenvalue weighted by atomic mass is 19.3. The summed E-state index contributed by atoms with van der Waals surface area (Å²) in [6.07, 6.45) is 9.04. The quantitative estimate of drug-likeness (QED) is 0.555. The van der Waals surface area contributed by atoms with Crippen molar-refractivity contribution in [1.29, 1.82) is 0 Å². The third-order valence-corrected chi connectivity index (χ3v) is 8.08. The molecule has 2 aromatic heterocycles. The third kappa shape index (κ3) is 3.51. The van der Waals surface area contributed by atoms with Gasteiger partial charge in [-0.2, -0.15) is 8.78 Å². The Bertz CT molecular complexity index is 1410. The molecule has 3 aromatic rings. The van der Waals surface area contributed by atoms with Crippen LogP contribution in [0.2, 0.25) is 0 Å². The molecular formula is C27H28F2N4O3. The van der Waals surface area contributed by atoms with Crippen molar-refractivity contribution in [3.8, 4) is 5.75 Å². The molecule has 0 saturated heterocycles. The van der Waals surface area contributed by atoms with Crippen LogP contribution in [0.1, 0.15) is 84.4 Å². The van der Waals surface area contributed by atoms with Crippen LogP contribution in [0.25, 0.3) is 11.4 Å². The van der Waals surface area contributed by atoms with E-state index in [-0.39, 0.29) is 29.5 Å². The first kappa shape index (κ1) is 23.1. The predicted octanol–water partition coefficient (Wildman–Crippen LogP) is 4.95. The van der Waals surface area contributed by atoms with E-state index in [0.717, 1.165) is 36.2 Å². The van der Waals surface area contributed by atoms with Crippen LogP contribution in [0, 0.1) is 5.92 Å². The number of benzene rings is 1. The lowest BCUT2D eigenvalue weighted by Gasteiger charge is -2.32. The van der Waals surface area contributed by atoms with Gasteiger partial charge < -0.3 is 14.7 Å². The van der Waals surface area contributed by atoms with E-state index in [2.05, 4.69) is 11.1 Å². The number of hydrogen-bond acceptors (Lipinski definition) is 5. The molecule has 1 amide bonds. The number of nitrogens with zero attached hydrogens (tertiary/aromatic N) is 4. The number of ether oxygens (including phenoxy) is 1. The number of rotatable bonds is 4. The van der Waals surface area contributed by atoms with Crippen molar-refractivity contribution in [2.75, 3.05) is 7.05 Å². The Morgan fingerprint density at radius 3 is 2.78 bits per heavy atom. The first-order valence-electron chi connectivity index (χ1n) is 12.3. The van der Waals surface area contributed by atoms with Gasteiger partial charge in [0.05, 0.1) is 23.0 Å². The normalized spacial score (nSPS) is 23.5. The number of halogens is 2. The second-order valence-corrected chi connectivity index (χ2v) is 10.6. The molecule has 3 atom stereocenters. The second-order valence-electron chi connectivity index (χ2n) is 10.6. The Hall–Kier alpha value is -3.33. The monoisotopic (exact) mass is 494 g/mol. The Labute approximate surface area is 207 Å². The molecular weight excluding hydrogens is 466 g/mol. The lowest BCUT2D eigenvalue weighted by Crippen LogP contribution is -2.31. The van der Waals surface area contributed by atoms with Gasteiger partial charge in [0, 0.05) is 42.0 Å². The Balaban J connectivity index is 1.48. The Kier molecular flexibility index (Phi) is 5.19. The number of fused-ring (bicyclic) bond motifs is 9. The zero-order valence-corrected chi connectivity index (χ0v) is 20.4. The Morgan fingerprint density at radius 2 is 2.08 bits per heavy atom. The molecule has 3 aliphatic rings. The summed E-state index contributed by atoms with van der Waals surface area (Å²) in [5.74, 6) is 0.171. The van der Waals surface area contributed by atoms with E-state index in [4.69, 9.17) is 9.72 Å². The van der Waals surface area contributed by atoms with Gasteiger partial charge in [0.15, 0.2) is 0 Å². The zero-order chi connectivity index (χ0) is 25.4. The first-order chi connectivity index (χ1) is 17.1. The van der Waals surface area contributed by atoms with Crippen molar-refractivity contribution >= 4 is 17.3 Å². The third-order valence-electron chi connectivity index (χ3n) is 8.08. The smallest absolute Gasteiger partial charge is 0.387 e. The molecule has 0 radical (unpaired) electrons. The maximum atomic E-state index is 13.3. The largest absolute Gasteiger partial charge is 0.434 e. The molecule has 1 aliphatic heterocycles. The molecule has 0 fully saturated rings. The van der Waals surface area contributed by atoms with E-state index in [1.807, 2.05) is 30.6 Å². The lowest BCUT2D eigenvalue weighted by atomic mass is 9.78. The summed E-state index contributed by atoms with van der Waals surface area (Å²) in [5, 5.41) is 10.4. The number of amides is 1. The molecule has 3 heterocycles. The molecule has 1 aromatic carbocycles. The van der Waals surface area contributed by atoms with Gasteiger partial charge in [0.2, 0.25) is 5.78 Å². The molecule has 7 nitrogen and oxygen atoms in total. The van der Waals surface area contributed by atoms with Crippen LogP contribution >= 0.6 is 0 Å². The van der Waals surface area contributed by atoms with Gasteiger partial charge >= 0.3 is 6.61 Å². The average Bonchev–Trinajstić information content (AvgIpc) is 3.36. The summed E-state index contributed by atoms with van der Waals surface area (Å²) in [6, 6.07) is 4.46. The Morgan fingerprint density at radius 1 is 1.28 bits per heavy atom. The molecule has 2 aliphatic carbocycles. The zero-order valence-electron chi connectivity index (χ0n) is 20.4. The summed E-state index contributed by atoms with van der Waals surface area (Å²) in [5.41, 5.74) is 3.88. The maximum Gasteiger partial charge on any atom is 0.387 e. The van der Waals surface area contributed by atoms with Crippen LogP contribution in [-0.2, 0) is 0 Å². The van der Waals surface area contributed by atoms with Crippen molar-refractivity contribution in [2.24, 2.45) is 5.92 Å². The summed E-state index contributed by atoms with van der Waals surface area (Å²) >= 11 is 0. The number of allylic oxidation sites excluding steroid dienone is 2. The average molecular weight is 495 g/mol. The SMILES string of the molecule is CN1C(=O)c2cccc(OC(F)F)c2C2CC1c1nc3ncc(C4=CCC(C(C)(C)O)CC4)cn3c12. The van der Waals surface area contributed by atoms with E-state index in [1.54, 1.807) is 24.1 Å². The highest BCUT2D eigenvalue weighted by Gasteiger charge is 2.46. The van der Waals surface area contributed by atoms with E-state index < -0.39 is 12.2 Å². The molecule has 3 unspecified atom stereocenters. The fourth-order valence-corrected chi connectivity index (χ4v) is 6.13. The van der Waals surface area contributed by atoms with E-state index in [0.29, 0.717) is 23.3 Å². The topological polar surface area (TPSA) is 80.0 Å². The van der Waals surface area contributed by atoms with Gasteiger partial charge in [0.25, 0.3) is 5.91 Å². The molecule has 188 valence electrons. The number of imidazole rings is 1.